The number of aliphatic hydroxyl groups is 1. The standard InChI is InChI=1S/C14H21BrN2O/c1-10(18)11-4-6-17(7-5-11)14-3-2-13(15)8-12(14)9-16/h2-3,8,10-11,18H,4-7,9,16H2,1H3. The van der Waals surface area contributed by atoms with E-state index in [2.05, 4.69) is 39.0 Å². The van der Waals surface area contributed by atoms with Gasteiger partial charge < -0.3 is 15.7 Å². The molecule has 1 aromatic rings. The van der Waals surface area contributed by atoms with Crippen molar-refractivity contribution in [2.24, 2.45) is 11.7 Å². The summed E-state index contributed by atoms with van der Waals surface area (Å²) in [4.78, 5) is 2.38. The Labute approximate surface area is 117 Å². The van der Waals surface area contributed by atoms with Crippen LogP contribution in [-0.4, -0.2) is 24.3 Å². The van der Waals surface area contributed by atoms with Crippen LogP contribution in [0, 0.1) is 5.92 Å². The first-order valence-electron chi connectivity index (χ1n) is 6.53. The molecule has 1 fully saturated rings. The Morgan fingerprint density at radius 1 is 1.44 bits per heavy atom. The number of aliphatic hydroxyl groups excluding tert-OH is 1. The monoisotopic (exact) mass is 312 g/mol. The molecule has 4 heteroatoms. The fraction of sp³-hybridized carbons (Fsp3) is 0.571. The molecule has 2 rings (SSSR count). The minimum Gasteiger partial charge on any atom is -0.393 e. The molecule has 3 N–H and O–H groups in total. The minimum atomic E-state index is -0.189. The average molecular weight is 313 g/mol. The highest BCUT2D eigenvalue weighted by Crippen LogP contribution is 2.29. The largest absolute Gasteiger partial charge is 0.393 e. The number of benzene rings is 1. The quantitative estimate of drug-likeness (QED) is 0.901. The van der Waals surface area contributed by atoms with Crippen LogP contribution in [0.3, 0.4) is 0 Å². The van der Waals surface area contributed by atoms with Crippen LogP contribution >= 0.6 is 15.9 Å². The van der Waals surface area contributed by atoms with E-state index < -0.39 is 0 Å². The van der Waals surface area contributed by atoms with Crippen molar-refractivity contribution < 1.29 is 5.11 Å². The highest BCUT2D eigenvalue weighted by molar-refractivity contribution is 9.10. The number of nitrogens with zero attached hydrogens (tertiary/aromatic N) is 1. The zero-order valence-corrected chi connectivity index (χ0v) is 12.4. The number of nitrogens with two attached hydrogens (primary N) is 1. The highest BCUT2D eigenvalue weighted by atomic mass is 79.9. The molecule has 0 amide bonds. The van der Waals surface area contributed by atoms with E-state index in [1.165, 1.54) is 11.3 Å². The SMILES string of the molecule is CC(O)C1CCN(c2ccc(Br)cc2CN)CC1. The molecule has 1 saturated heterocycles. The van der Waals surface area contributed by atoms with Crippen LogP contribution in [0.4, 0.5) is 5.69 Å². The third-order valence-electron chi connectivity index (χ3n) is 3.82. The zero-order chi connectivity index (χ0) is 13.1. The van der Waals surface area contributed by atoms with E-state index in [0.29, 0.717) is 12.5 Å². The Balaban J connectivity index is 2.09. The number of halogens is 1. The Kier molecular flexibility index (Phi) is 4.65. The zero-order valence-electron chi connectivity index (χ0n) is 10.8. The van der Waals surface area contributed by atoms with Gasteiger partial charge in [-0.3, -0.25) is 0 Å². The van der Waals surface area contributed by atoms with Crippen molar-refractivity contribution in [2.75, 3.05) is 18.0 Å². The van der Waals surface area contributed by atoms with Crippen LogP contribution in [0.25, 0.3) is 0 Å². The first-order chi connectivity index (χ1) is 8.61. The van der Waals surface area contributed by atoms with Crippen LogP contribution in [-0.2, 0) is 6.54 Å². The van der Waals surface area contributed by atoms with Gasteiger partial charge in [0.25, 0.3) is 0 Å². The number of rotatable bonds is 3. The molecule has 0 aromatic heterocycles. The number of anilines is 1. The van der Waals surface area contributed by atoms with E-state index in [1.54, 1.807) is 0 Å². The topological polar surface area (TPSA) is 49.5 Å². The van der Waals surface area contributed by atoms with E-state index in [4.69, 9.17) is 5.73 Å². The van der Waals surface area contributed by atoms with Gasteiger partial charge in [-0.1, -0.05) is 15.9 Å². The molecule has 1 aliphatic heterocycles. The van der Waals surface area contributed by atoms with Gasteiger partial charge in [-0.15, -0.1) is 0 Å². The van der Waals surface area contributed by atoms with Gasteiger partial charge in [0.2, 0.25) is 0 Å². The molecule has 1 atom stereocenters. The van der Waals surface area contributed by atoms with Crippen molar-refractivity contribution in [1.82, 2.24) is 0 Å². The van der Waals surface area contributed by atoms with Gasteiger partial charge in [0.1, 0.15) is 0 Å². The maximum absolute atomic E-state index is 9.63. The lowest BCUT2D eigenvalue weighted by Crippen LogP contribution is -2.37. The van der Waals surface area contributed by atoms with E-state index in [9.17, 15) is 5.11 Å². The molecule has 0 spiro atoms. The smallest absolute Gasteiger partial charge is 0.0541 e. The molecule has 18 heavy (non-hydrogen) atoms. The fourth-order valence-electron chi connectivity index (χ4n) is 2.65. The molecular weight excluding hydrogens is 292 g/mol. The summed E-state index contributed by atoms with van der Waals surface area (Å²) < 4.78 is 1.07. The van der Waals surface area contributed by atoms with Crippen LogP contribution in [0.15, 0.2) is 22.7 Å². The van der Waals surface area contributed by atoms with Gasteiger partial charge in [-0.2, -0.15) is 0 Å². The van der Waals surface area contributed by atoms with E-state index in [0.717, 1.165) is 30.4 Å². The Hall–Kier alpha value is -0.580. The molecule has 0 radical (unpaired) electrons. The van der Waals surface area contributed by atoms with Gasteiger partial charge in [0.05, 0.1) is 6.10 Å². The second-order valence-electron chi connectivity index (χ2n) is 5.04. The summed E-state index contributed by atoms with van der Waals surface area (Å²) in [6, 6.07) is 6.29. The van der Waals surface area contributed by atoms with Gasteiger partial charge in [0.15, 0.2) is 0 Å². The maximum atomic E-state index is 9.63. The Morgan fingerprint density at radius 2 is 2.11 bits per heavy atom. The average Bonchev–Trinajstić information content (AvgIpc) is 2.38. The second kappa shape index (κ2) is 6.04. The third-order valence-corrected chi connectivity index (χ3v) is 4.32. The molecule has 0 aliphatic carbocycles. The van der Waals surface area contributed by atoms with Crippen molar-refractivity contribution in [3.63, 3.8) is 0 Å². The maximum Gasteiger partial charge on any atom is 0.0541 e. The van der Waals surface area contributed by atoms with E-state index in [-0.39, 0.29) is 6.10 Å². The normalized spacial score (nSPS) is 19.0. The second-order valence-corrected chi connectivity index (χ2v) is 5.96. The summed E-state index contributed by atoms with van der Waals surface area (Å²) in [5.74, 6) is 0.443. The third kappa shape index (κ3) is 3.05. The molecule has 0 bridgehead atoms. The first-order valence-corrected chi connectivity index (χ1v) is 7.32. The van der Waals surface area contributed by atoms with Crippen molar-refractivity contribution in [1.29, 1.82) is 0 Å². The van der Waals surface area contributed by atoms with Crippen LogP contribution in [0.2, 0.25) is 0 Å². The molecule has 100 valence electrons. The van der Waals surface area contributed by atoms with Crippen LogP contribution in [0.5, 0.6) is 0 Å². The molecule has 1 aliphatic rings. The highest BCUT2D eigenvalue weighted by Gasteiger charge is 2.23. The van der Waals surface area contributed by atoms with Crippen molar-refractivity contribution >= 4 is 21.6 Å². The Bertz CT molecular complexity index is 401. The minimum absolute atomic E-state index is 0.189. The van der Waals surface area contributed by atoms with Crippen molar-refractivity contribution in [3.8, 4) is 0 Å². The number of hydrogen-bond acceptors (Lipinski definition) is 3. The predicted octanol–water partition coefficient (Wildman–Crippen LogP) is 2.51. The van der Waals surface area contributed by atoms with Gasteiger partial charge >= 0.3 is 0 Å². The molecular formula is C14H21BrN2O. The lowest BCUT2D eigenvalue weighted by atomic mass is 9.91. The summed E-state index contributed by atoms with van der Waals surface area (Å²) in [6.07, 6.45) is 1.92. The van der Waals surface area contributed by atoms with Crippen LogP contribution in [0.1, 0.15) is 25.3 Å². The number of piperidine rings is 1. The molecule has 1 aromatic carbocycles. The van der Waals surface area contributed by atoms with Gasteiger partial charge in [0, 0.05) is 29.8 Å². The van der Waals surface area contributed by atoms with Crippen LogP contribution < -0.4 is 10.6 Å². The summed E-state index contributed by atoms with van der Waals surface area (Å²) in [7, 11) is 0. The molecule has 0 saturated carbocycles. The summed E-state index contributed by atoms with van der Waals surface area (Å²) >= 11 is 3.48. The molecule has 1 heterocycles. The molecule has 1 unspecified atom stereocenters. The van der Waals surface area contributed by atoms with Crippen molar-refractivity contribution in [3.05, 3.63) is 28.2 Å². The fourth-order valence-corrected chi connectivity index (χ4v) is 3.06. The van der Waals surface area contributed by atoms with Gasteiger partial charge in [-0.25, -0.2) is 0 Å². The van der Waals surface area contributed by atoms with E-state index >= 15 is 0 Å². The summed E-state index contributed by atoms with van der Waals surface area (Å²) in [5, 5.41) is 9.63. The summed E-state index contributed by atoms with van der Waals surface area (Å²) in [5.41, 5.74) is 8.24. The van der Waals surface area contributed by atoms with E-state index in [1.807, 2.05) is 6.92 Å². The lowest BCUT2D eigenvalue weighted by Gasteiger charge is -2.35. The Morgan fingerprint density at radius 3 is 2.67 bits per heavy atom. The van der Waals surface area contributed by atoms with Gasteiger partial charge in [-0.05, 0) is 49.4 Å². The summed E-state index contributed by atoms with van der Waals surface area (Å²) in [6.45, 7) is 4.46. The number of hydrogen-bond donors (Lipinski definition) is 2. The van der Waals surface area contributed by atoms with Crippen molar-refractivity contribution in [2.45, 2.75) is 32.4 Å². The first kappa shape index (κ1) is 13.8. The molecule has 3 nitrogen and oxygen atoms in total. The lowest BCUT2D eigenvalue weighted by molar-refractivity contribution is 0.110. The predicted molar refractivity (Wildman–Crippen MR) is 78.7 cm³/mol.